The van der Waals surface area contributed by atoms with Crippen molar-refractivity contribution in [1.82, 2.24) is 5.32 Å². The summed E-state index contributed by atoms with van der Waals surface area (Å²) in [6.07, 6.45) is 4.42. The molecule has 0 aromatic rings. The van der Waals surface area contributed by atoms with Gasteiger partial charge in [-0.15, -0.1) is 0 Å². The first-order valence-electron chi connectivity index (χ1n) is 5.72. The molecule has 1 aliphatic rings. The Bertz CT molecular complexity index is 227. The van der Waals surface area contributed by atoms with Gasteiger partial charge in [0.05, 0.1) is 11.5 Å². The van der Waals surface area contributed by atoms with Crippen molar-refractivity contribution < 1.29 is 15.0 Å². The number of aliphatic carboxylic acids is 1. The van der Waals surface area contributed by atoms with Crippen LogP contribution in [0.1, 0.15) is 25.7 Å². The SMILES string of the molecule is CSCCNCC1(O)CCC(C(=O)O)CC1. The first kappa shape index (κ1) is 13.8. The van der Waals surface area contributed by atoms with Gasteiger partial charge in [-0.05, 0) is 31.9 Å². The lowest BCUT2D eigenvalue weighted by Crippen LogP contribution is -2.44. The zero-order valence-corrected chi connectivity index (χ0v) is 10.6. The average Bonchev–Trinajstić information content (AvgIpc) is 2.25. The van der Waals surface area contributed by atoms with Crippen LogP contribution >= 0.6 is 11.8 Å². The maximum absolute atomic E-state index is 10.8. The molecule has 0 spiro atoms. The predicted octanol–water partition coefficient (Wildman–Crippen LogP) is 0.945. The van der Waals surface area contributed by atoms with E-state index in [-0.39, 0.29) is 5.92 Å². The second kappa shape index (κ2) is 6.47. The molecule has 5 heteroatoms. The second-order valence-electron chi connectivity index (χ2n) is 4.51. The number of nitrogens with one attached hydrogen (secondary N) is 1. The van der Waals surface area contributed by atoms with Crippen LogP contribution in [-0.4, -0.2) is 46.9 Å². The van der Waals surface area contributed by atoms with E-state index in [0.29, 0.717) is 32.2 Å². The summed E-state index contributed by atoms with van der Waals surface area (Å²) in [5.41, 5.74) is -0.690. The van der Waals surface area contributed by atoms with Crippen LogP contribution in [0, 0.1) is 5.92 Å². The van der Waals surface area contributed by atoms with Crippen LogP contribution in [-0.2, 0) is 4.79 Å². The summed E-state index contributed by atoms with van der Waals surface area (Å²) in [6, 6.07) is 0. The van der Waals surface area contributed by atoms with Gasteiger partial charge in [0.25, 0.3) is 0 Å². The third kappa shape index (κ3) is 4.31. The summed E-state index contributed by atoms with van der Waals surface area (Å²) in [4.78, 5) is 10.8. The van der Waals surface area contributed by atoms with E-state index >= 15 is 0 Å². The van der Waals surface area contributed by atoms with Crippen LogP contribution in [0.5, 0.6) is 0 Å². The highest BCUT2D eigenvalue weighted by molar-refractivity contribution is 7.98. The van der Waals surface area contributed by atoms with E-state index in [1.165, 1.54) is 0 Å². The van der Waals surface area contributed by atoms with E-state index in [9.17, 15) is 9.90 Å². The molecule has 0 aromatic carbocycles. The topological polar surface area (TPSA) is 69.6 Å². The summed E-state index contributed by atoms with van der Waals surface area (Å²) in [5.74, 6) is 0.0530. The Morgan fingerprint density at radius 1 is 1.50 bits per heavy atom. The van der Waals surface area contributed by atoms with Gasteiger partial charge in [-0.3, -0.25) is 4.79 Å². The minimum atomic E-state index is -0.725. The van der Waals surface area contributed by atoms with Gasteiger partial charge in [0.2, 0.25) is 0 Å². The van der Waals surface area contributed by atoms with Crippen molar-refractivity contribution in [2.75, 3.05) is 25.1 Å². The third-order valence-corrected chi connectivity index (χ3v) is 3.81. The zero-order valence-electron chi connectivity index (χ0n) is 9.74. The molecule has 0 aromatic heterocycles. The van der Waals surface area contributed by atoms with Crippen LogP contribution in [0.4, 0.5) is 0 Å². The number of thioether (sulfide) groups is 1. The monoisotopic (exact) mass is 247 g/mol. The summed E-state index contributed by atoms with van der Waals surface area (Å²) in [7, 11) is 0. The fraction of sp³-hybridized carbons (Fsp3) is 0.909. The first-order valence-corrected chi connectivity index (χ1v) is 7.12. The molecule has 94 valence electrons. The molecular formula is C11H21NO3S. The number of rotatable bonds is 6. The van der Waals surface area contributed by atoms with E-state index in [0.717, 1.165) is 12.3 Å². The zero-order chi connectivity index (χ0) is 12.0. The molecule has 0 aliphatic heterocycles. The first-order chi connectivity index (χ1) is 7.57. The smallest absolute Gasteiger partial charge is 0.306 e. The molecule has 1 fully saturated rings. The summed E-state index contributed by atoms with van der Waals surface area (Å²) >= 11 is 1.77. The van der Waals surface area contributed by atoms with Crippen LogP contribution in [0.15, 0.2) is 0 Å². The van der Waals surface area contributed by atoms with Gasteiger partial charge in [0.1, 0.15) is 0 Å². The van der Waals surface area contributed by atoms with E-state index in [4.69, 9.17) is 5.11 Å². The number of hydrogen-bond acceptors (Lipinski definition) is 4. The van der Waals surface area contributed by atoms with Gasteiger partial charge in [-0.1, -0.05) is 0 Å². The summed E-state index contributed by atoms with van der Waals surface area (Å²) < 4.78 is 0. The molecule has 0 unspecified atom stereocenters. The van der Waals surface area contributed by atoms with Crippen molar-refractivity contribution in [3.8, 4) is 0 Å². The van der Waals surface area contributed by atoms with Gasteiger partial charge in [-0.2, -0.15) is 11.8 Å². The molecule has 16 heavy (non-hydrogen) atoms. The second-order valence-corrected chi connectivity index (χ2v) is 5.49. The highest BCUT2D eigenvalue weighted by atomic mass is 32.2. The molecular weight excluding hydrogens is 226 g/mol. The van der Waals surface area contributed by atoms with E-state index in [1.807, 2.05) is 0 Å². The number of carboxylic acids is 1. The fourth-order valence-corrected chi connectivity index (χ4v) is 2.42. The predicted molar refractivity (Wildman–Crippen MR) is 65.8 cm³/mol. The Balaban J connectivity index is 2.24. The molecule has 0 bridgehead atoms. The van der Waals surface area contributed by atoms with Gasteiger partial charge >= 0.3 is 5.97 Å². The summed E-state index contributed by atoms with van der Waals surface area (Å²) in [5, 5.41) is 22.3. The molecule has 1 aliphatic carbocycles. The van der Waals surface area contributed by atoms with Gasteiger partial charge in [-0.25, -0.2) is 0 Å². The van der Waals surface area contributed by atoms with E-state index in [2.05, 4.69) is 11.6 Å². The van der Waals surface area contributed by atoms with E-state index in [1.54, 1.807) is 11.8 Å². The number of carboxylic acid groups (broad SMARTS) is 1. The largest absolute Gasteiger partial charge is 0.481 e. The Labute approximate surface area is 101 Å². The maximum atomic E-state index is 10.8. The number of carbonyl (C=O) groups is 1. The van der Waals surface area contributed by atoms with Gasteiger partial charge < -0.3 is 15.5 Å². The molecule has 0 amide bonds. The average molecular weight is 247 g/mol. The quantitative estimate of drug-likeness (QED) is 0.610. The van der Waals surface area contributed by atoms with E-state index < -0.39 is 11.6 Å². The van der Waals surface area contributed by atoms with Crippen LogP contribution in [0.2, 0.25) is 0 Å². The minimum absolute atomic E-state index is 0.258. The van der Waals surface area contributed by atoms with Crippen molar-refractivity contribution >= 4 is 17.7 Å². The number of aliphatic hydroxyl groups is 1. The minimum Gasteiger partial charge on any atom is -0.481 e. The highest BCUT2D eigenvalue weighted by Crippen LogP contribution is 2.31. The van der Waals surface area contributed by atoms with Crippen molar-refractivity contribution in [2.24, 2.45) is 5.92 Å². The summed E-state index contributed by atoms with van der Waals surface area (Å²) in [6.45, 7) is 1.48. The van der Waals surface area contributed by atoms with Crippen LogP contribution in [0.3, 0.4) is 0 Å². The molecule has 3 N–H and O–H groups in total. The Morgan fingerprint density at radius 3 is 2.62 bits per heavy atom. The number of hydrogen-bond donors (Lipinski definition) is 3. The lowest BCUT2D eigenvalue weighted by Gasteiger charge is -2.34. The normalized spacial score (nSPS) is 30.2. The fourth-order valence-electron chi connectivity index (χ4n) is 2.07. The third-order valence-electron chi connectivity index (χ3n) is 3.20. The van der Waals surface area contributed by atoms with Crippen molar-refractivity contribution in [3.63, 3.8) is 0 Å². The Kier molecular flexibility index (Phi) is 5.58. The van der Waals surface area contributed by atoms with Crippen molar-refractivity contribution in [2.45, 2.75) is 31.3 Å². The van der Waals surface area contributed by atoms with Crippen molar-refractivity contribution in [3.05, 3.63) is 0 Å². The molecule has 0 saturated heterocycles. The van der Waals surface area contributed by atoms with Gasteiger partial charge in [0, 0.05) is 18.8 Å². The lowest BCUT2D eigenvalue weighted by molar-refractivity contribution is -0.144. The van der Waals surface area contributed by atoms with Crippen molar-refractivity contribution in [1.29, 1.82) is 0 Å². The molecule has 0 atom stereocenters. The maximum Gasteiger partial charge on any atom is 0.306 e. The standard InChI is InChI=1S/C11H21NO3S/c1-16-7-6-12-8-11(15)4-2-9(3-5-11)10(13)14/h9,12,15H,2-8H2,1H3,(H,13,14). The van der Waals surface area contributed by atoms with Crippen LogP contribution < -0.4 is 5.32 Å². The van der Waals surface area contributed by atoms with Crippen LogP contribution in [0.25, 0.3) is 0 Å². The molecule has 0 radical (unpaired) electrons. The molecule has 0 heterocycles. The highest BCUT2D eigenvalue weighted by Gasteiger charge is 2.35. The Hall–Kier alpha value is -0.260. The Morgan fingerprint density at radius 2 is 2.12 bits per heavy atom. The molecule has 1 saturated carbocycles. The molecule has 4 nitrogen and oxygen atoms in total. The lowest BCUT2D eigenvalue weighted by atomic mass is 9.79. The van der Waals surface area contributed by atoms with Gasteiger partial charge in [0.15, 0.2) is 0 Å². The molecule has 1 rings (SSSR count).